The average molecular weight is 468 g/mol. The minimum atomic E-state index is -0.143. The lowest BCUT2D eigenvalue weighted by Crippen LogP contribution is -2.46. The van der Waals surface area contributed by atoms with E-state index in [0.29, 0.717) is 6.42 Å². The zero-order valence-corrected chi connectivity index (χ0v) is 18.5. The molecule has 1 atom stereocenters. The molecule has 1 rings (SSSR count). The molecule has 1 aliphatic rings. The fourth-order valence-corrected chi connectivity index (χ4v) is 3.15. The molecule has 0 radical (unpaired) electrons. The fraction of sp³-hybridized carbons (Fsp3) is 0.889. The molecule has 0 spiro atoms. The normalized spacial score (nSPS) is 18.4. The molecule has 1 saturated heterocycles. The number of aliphatic imine (C=N–C) groups is 1. The summed E-state index contributed by atoms with van der Waals surface area (Å²) in [6.45, 7) is 9.17. The zero-order chi connectivity index (χ0) is 17.6. The Kier molecular flexibility index (Phi) is 15.3. The van der Waals surface area contributed by atoms with Gasteiger partial charge in [-0.05, 0) is 45.6 Å². The number of piperidine rings is 1. The second-order valence-electron chi connectivity index (χ2n) is 6.31. The maximum atomic E-state index is 11.1. The van der Waals surface area contributed by atoms with E-state index in [2.05, 4.69) is 39.1 Å². The summed E-state index contributed by atoms with van der Waals surface area (Å²) in [5, 5.41) is 6.71. The van der Waals surface area contributed by atoms with Gasteiger partial charge >= 0.3 is 5.97 Å². The van der Waals surface area contributed by atoms with Crippen LogP contribution in [0.5, 0.6) is 0 Å². The first-order valence-corrected chi connectivity index (χ1v) is 9.54. The quantitative estimate of drug-likeness (QED) is 0.170. The second-order valence-corrected chi connectivity index (χ2v) is 6.31. The first-order valence-electron chi connectivity index (χ1n) is 9.54. The number of nitrogens with zero attached hydrogens (tertiary/aromatic N) is 2. The van der Waals surface area contributed by atoms with Gasteiger partial charge in [-0.25, -0.2) is 0 Å². The van der Waals surface area contributed by atoms with E-state index in [1.165, 1.54) is 39.3 Å². The van der Waals surface area contributed by atoms with Crippen LogP contribution in [0.1, 0.15) is 58.8 Å². The molecule has 1 unspecified atom stereocenters. The van der Waals surface area contributed by atoms with Gasteiger partial charge in [-0.2, -0.15) is 0 Å². The molecule has 6 nitrogen and oxygen atoms in total. The van der Waals surface area contributed by atoms with Crippen LogP contribution in [0.3, 0.4) is 0 Å². The highest BCUT2D eigenvalue weighted by Gasteiger charge is 2.19. The van der Waals surface area contributed by atoms with Gasteiger partial charge in [0.05, 0.1) is 7.11 Å². The molecule has 0 aromatic heterocycles. The molecule has 0 aromatic rings. The number of methoxy groups -OCH3 is 1. The van der Waals surface area contributed by atoms with Crippen molar-refractivity contribution in [3.8, 4) is 0 Å². The van der Waals surface area contributed by atoms with Crippen molar-refractivity contribution in [1.29, 1.82) is 0 Å². The van der Waals surface area contributed by atoms with Crippen molar-refractivity contribution in [2.45, 2.75) is 64.8 Å². The highest BCUT2D eigenvalue weighted by molar-refractivity contribution is 14.0. The maximum absolute atomic E-state index is 11.1. The van der Waals surface area contributed by atoms with Gasteiger partial charge in [-0.1, -0.05) is 13.3 Å². The number of rotatable bonds is 10. The van der Waals surface area contributed by atoms with Gasteiger partial charge in [0.1, 0.15) is 0 Å². The first kappa shape index (κ1) is 24.4. The number of guanidine groups is 1. The van der Waals surface area contributed by atoms with Crippen molar-refractivity contribution in [2.24, 2.45) is 4.99 Å². The summed E-state index contributed by atoms with van der Waals surface area (Å²) < 4.78 is 4.64. The van der Waals surface area contributed by atoms with E-state index in [1.54, 1.807) is 0 Å². The SMILES string of the molecule is CCNC(=NCCCCC(=O)OC)NCCN1CCCCC1CC.I. The van der Waals surface area contributed by atoms with E-state index >= 15 is 0 Å². The fourth-order valence-electron chi connectivity index (χ4n) is 3.15. The lowest BCUT2D eigenvalue weighted by molar-refractivity contribution is -0.140. The minimum absolute atomic E-state index is 0. The van der Waals surface area contributed by atoms with Crippen LogP contribution in [0, 0.1) is 0 Å². The number of likely N-dealkylation sites (tertiary alicyclic amines) is 1. The number of esters is 1. The van der Waals surface area contributed by atoms with Gasteiger partial charge in [0.25, 0.3) is 0 Å². The van der Waals surface area contributed by atoms with Gasteiger partial charge in [0.15, 0.2) is 5.96 Å². The van der Waals surface area contributed by atoms with Crippen LogP contribution in [0.4, 0.5) is 0 Å². The van der Waals surface area contributed by atoms with Crippen LogP contribution in [0.15, 0.2) is 4.99 Å². The smallest absolute Gasteiger partial charge is 0.305 e. The van der Waals surface area contributed by atoms with Crippen molar-refractivity contribution in [3.63, 3.8) is 0 Å². The third-order valence-corrected chi connectivity index (χ3v) is 4.54. The summed E-state index contributed by atoms with van der Waals surface area (Å²) in [6.07, 6.45) is 7.47. The van der Waals surface area contributed by atoms with Gasteiger partial charge in [0.2, 0.25) is 0 Å². The van der Waals surface area contributed by atoms with Crippen molar-refractivity contribution in [3.05, 3.63) is 0 Å². The number of halogens is 1. The Labute approximate surface area is 170 Å². The topological polar surface area (TPSA) is 66.0 Å². The first-order chi connectivity index (χ1) is 11.7. The van der Waals surface area contributed by atoms with Gasteiger partial charge in [-0.15, -0.1) is 24.0 Å². The van der Waals surface area contributed by atoms with E-state index in [1.807, 2.05) is 0 Å². The molecule has 0 aromatic carbocycles. The molecule has 0 amide bonds. The predicted octanol–water partition coefficient (Wildman–Crippen LogP) is 2.77. The van der Waals surface area contributed by atoms with Crippen molar-refractivity contribution < 1.29 is 9.53 Å². The van der Waals surface area contributed by atoms with Crippen LogP contribution in [-0.4, -0.2) is 62.7 Å². The number of hydrogen-bond donors (Lipinski definition) is 2. The number of carbonyl (C=O) groups is 1. The third kappa shape index (κ3) is 10.9. The summed E-state index contributed by atoms with van der Waals surface area (Å²) in [5.74, 6) is 0.733. The highest BCUT2D eigenvalue weighted by Crippen LogP contribution is 2.18. The van der Waals surface area contributed by atoms with Crippen LogP contribution in [0.2, 0.25) is 0 Å². The van der Waals surface area contributed by atoms with Gasteiger partial charge in [-0.3, -0.25) is 14.7 Å². The Morgan fingerprint density at radius 2 is 2.04 bits per heavy atom. The van der Waals surface area contributed by atoms with E-state index in [9.17, 15) is 4.79 Å². The van der Waals surface area contributed by atoms with E-state index in [0.717, 1.165) is 51.0 Å². The molecule has 0 bridgehead atoms. The average Bonchev–Trinajstić information content (AvgIpc) is 2.61. The number of unbranched alkanes of at least 4 members (excludes halogenated alkanes) is 1. The summed E-state index contributed by atoms with van der Waals surface area (Å²) >= 11 is 0. The second kappa shape index (κ2) is 15.7. The van der Waals surface area contributed by atoms with Crippen LogP contribution >= 0.6 is 24.0 Å². The molecule has 1 aliphatic heterocycles. The lowest BCUT2D eigenvalue weighted by Gasteiger charge is -2.35. The van der Waals surface area contributed by atoms with Crippen molar-refractivity contribution >= 4 is 35.9 Å². The predicted molar refractivity (Wildman–Crippen MR) is 115 cm³/mol. The van der Waals surface area contributed by atoms with Gasteiger partial charge in [0, 0.05) is 38.6 Å². The number of ether oxygens (including phenoxy) is 1. The molecule has 0 saturated carbocycles. The summed E-state index contributed by atoms with van der Waals surface area (Å²) in [5.41, 5.74) is 0. The number of nitrogens with one attached hydrogen (secondary N) is 2. The van der Waals surface area contributed by atoms with E-state index < -0.39 is 0 Å². The molecule has 1 heterocycles. The Morgan fingerprint density at radius 1 is 1.24 bits per heavy atom. The largest absolute Gasteiger partial charge is 0.469 e. The van der Waals surface area contributed by atoms with E-state index in [4.69, 9.17) is 0 Å². The summed E-state index contributed by atoms with van der Waals surface area (Å²) in [4.78, 5) is 18.3. The molecule has 148 valence electrons. The molecular formula is C18H37IN4O2. The van der Waals surface area contributed by atoms with Gasteiger partial charge < -0.3 is 15.4 Å². The molecule has 7 heteroatoms. The Morgan fingerprint density at radius 3 is 2.72 bits per heavy atom. The molecule has 2 N–H and O–H groups in total. The van der Waals surface area contributed by atoms with Crippen LogP contribution in [-0.2, 0) is 9.53 Å². The minimum Gasteiger partial charge on any atom is -0.469 e. The molecular weight excluding hydrogens is 431 g/mol. The third-order valence-electron chi connectivity index (χ3n) is 4.54. The van der Waals surface area contributed by atoms with Crippen molar-refractivity contribution in [1.82, 2.24) is 15.5 Å². The maximum Gasteiger partial charge on any atom is 0.305 e. The number of carbonyl (C=O) groups excluding carboxylic acids is 1. The van der Waals surface area contributed by atoms with Crippen LogP contribution < -0.4 is 10.6 Å². The molecule has 25 heavy (non-hydrogen) atoms. The Balaban J connectivity index is 0.00000576. The Hall–Kier alpha value is -0.570. The Bertz CT molecular complexity index is 380. The zero-order valence-electron chi connectivity index (χ0n) is 16.2. The monoisotopic (exact) mass is 468 g/mol. The lowest BCUT2D eigenvalue weighted by atomic mass is 10.0. The molecule has 1 fully saturated rings. The number of hydrogen-bond acceptors (Lipinski definition) is 4. The van der Waals surface area contributed by atoms with Crippen molar-refractivity contribution in [2.75, 3.05) is 39.8 Å². The summed E-state index contributed by atoms with van der Waals surface area (Å²) in [6, 6.07) is 0.749. The standard InChI is InChI=1S/C18H36N4O2.HI/c1-4-16-10-7-9-14-22(16)15-13-21-18(19-5-2)20-12-8-6-11-17(23)24-3;/h16H,4-15H2,1-3H3,(H2,19,20,21);1H. The van der Waals surface area contributed by atoms with E-state index in [-0.39, 0.29) is 29.9 Å². The molecule has 0 aliphatic carbocycles. The highest BCUT2D eigenvalue weighted by atomic mass is 127. The summed E-state index contributed by atoms with van der Waals surface area (Å²) in [7, 11) is 1.43. The van der Waals surface area contributed by atoms with Crippen LogP contribution in [0.25, 0.3) is 0 Å².